The van der Waals surface area contributed by atoms with Crippen molar-refractivity contribution in [3.05, 3.63) is 0 Å². The lowest BCUT2D eigenvalue weighted by molar-refractivity contribution is -0.0520. The highest BCUT2D eigenvalue weighted by Crippen LogP contribution is 2.01. The molecule has 2 N–H and O–H groups in total. The second-order valence-corrected chi connectivity index (χ2v) is 8.15. The van der Waals surface area contributed by atoms with Gasteiger partial charge in [0.25, 0.3) is 20.2 Å². The van der Waals surface area contributed by atoms with Gasteiger partial charge < -0.3 is 14.2 Å². The van der Waals surface area contributed by atoms with Crippen LogP contribution in [0.3, 0.4) is 0 Å². The monoisotopic (exact) mass is 378 g/mol. The maximum absolute atomic E-state index is 10.5. The summed E-state index contributed by atoms with van der Waals surface area (Å²) in [5.74, 6) is -0.586. The summed E-state index contributed by atoms with van der Waals surface area (Å²) in [7, 11) is -6.34. The number of unbranched alkanes of at least 4 members (excludes halogenated alkanes) is 2. The van der Waals surface area contributed by atoms with E-state index in [1.165, 1.54) is 7.11 Å². The standard InChI is InChI=1S/C12H26O9S2/c1-19-10-12(21-7-3-5-9-23(16,17)18)11-20-6-2-4-8-22(13,14)15/h12H,2-11H2,1H3,(H,13,14,15)(H,16,17,18). The van der Waals surface area contributed by atoms with Crippen LogP contribution in [-0.2, 0) is 34.4 Å². The number of hydrogen-bond donors (Lipinski definition) is 2. The molecule has 0 aliphatic rings. The smallest absolute Gasteiger partial charge is 0.264 e. The van der Waals surface area contributed by atoms with Gasteiger partial charge in [-0.1, -0.05) is 0 Å². The van der Waals surface area contributed by atoms with Crippen LogP contribution in [-0.4, -0.2) is 77.1 Å². The molecule has 0 saturated heterocycles. The fraction of sp³-hybridized carbons (Fsp3) is 1.00. The van der Waals surface area contributed by atoms with Gasteiger partial charge in [-0.25, -0.2) is 0 Å². The minimum atomic E-state index is -3.93. The molecule has 0 radical (unpaired) electrons. The molecule has 0 saturated carbocycles. The first-order valence-electron chi connectivity index (χ1n) is 7.22. The van der Waals surface area contributed by atoms with E-state index >= 15 is 0 Å². The van der Waals surface area contributed by atoms with E-state index in [1.54, 1.807) is 0 Å². The summed E-state index contributed by atoms with van der Waals surface area (Å²) < 4.78 is 75.1. The van der Waals surface area contributed by atoms with E-state index in [0.717, 1.165) is 0 Å². The van der Waals surface area contributed by atoms with Crippen LogP contribution in [0.25, 0.3) is 0 Å². The summed E-state index contributed by atoms with van der Waals surface area (Å²) in [6, 6.07) is 0. The average molecular weight is 378 g/mol. The molecule has 9 nitrogen and oxygen atoms in total. The zero-order valence-corrected chi connectivity index (χ0v) is 14.9. The van der Waals surface area contributed by atoms with E-state index in [2.05, 4.69) is 0 Å². The number of rotatable bonds is 15. The van der Waals surface area contributed by atoms with Crippen molar-refractivity contribution in [3.8, 4) is 0 Å². The molecule has 0 spiro atoms. The Kier molecular flexibility index (Phi) is 12.0. The molecular weight excluding hydrogens is 352 g/mol. The maximum Gasteiger partial charge on any atom is 0.264 e. The van der Waals surface area contributed by atoms with E-state index < -0.39 is 20.2 Å². The Balaban J connectivity index is 3.73. The third-order valence-corrected chi connectivity index (χ3v) is 4.36. The highest BCUT2D eigenvalue weighted by molar-refractivity contribution is 7.86. The van der Waals surface area contributed by atoms with Crippen LogP contribution in [0.2, 0.25) is 0 Å². The fourth-order valence-corrected chi connectivity index (χ4v) is 2.81. The predicted octanol–water partition coefficient (Wildman–Crippen LogP) is 0.371. The van der Waals surface area contributed by atoms with Gasteiger partial charge in [0.2, 0.25) is 0 Å². The van der Waals surface area contributed by atoms with E-state index in [9.17, 15) is 16.8 Å². The Hall–Kier alpha value is -0.300. The quantitative estimate of drug-likeness (QED) is 0.306. The van der Waals surface area contributed by atoms with Gasteiger partial charge in [-0.3, -0.25) is 9.11 Å². The highest BCUT2D eigenvalue weighted by atomic mass is 32.2. The van der Waals surface area contributed by atoms with Gasteiger partial charge in [0, 0.05) is 20.3 Å². The minimum Gasteiger partial charge on any atom is -0.382 e. The van der Waals surface area contributed by atoms with E-state index in [1.807, 2.05) is 0 Å². The summed E-state index contributed by atoms with van der Waals surface area (Å²) in [6.07, 6.45) is 1.27. The van der Waals surface area contributed by atoms with Crippen LogP contribution in [0.1, 0.15) is 25.7 Å². The first kappa shape index (κ1) is 22.7. The second kappa shape index (κ2) is 12.1. The number of ether oxygens (including phenoxy) is 3. The molecule has 1 atom stereocenters. The first-order valence-corrected chi connectivity index (χ1v) is 10.4. The highest BCUT2D eigenvalue weighted by Gasteiger charge is 2.10. The molecule has 0 aromatic heterocycles. The molecule has 0 bridgehead atoms. The summed E-state index contributed by atoms with van der Waals surface area (Å²) in [5.41, 5.74) is 0. The van der Waals surface area contributed by atoms with Gasteiger partial charge in [-0.05, 0) is 25.7 Å². The zero-order chi connectivity index (χ0) is 17.8. The van der Waals surface area contributed by atoms with Crippen molar-refractivity contribution in [2.24, 2.45) is 0 Å². The normalized spacial score (nSPS) is 14.0. The Morgan fingerprint density at radius 2 is 1.35 bits per heavy atom. The number of hydrogen-bond acceptors (Lipinski definition) is 7. The molecular formula is C12H26O9S2. The van der Waals surface area contributed by atoms with Crippen LogP contribution in [0.4, 0.5) is 0 Å². The van der Waals surface area contributed by atoms with Crippen molar-refractivity contribution in [2.45, 2.75) is 31.8 Å². The molecule has 0 rings (SSSR count). The van der Waals surface area contributed by atoms with Crippen LogP contribution >= 0.6 is 0 Å². The van der Waals surface area contributed by atoms with Gasteiger partial charge in [0.05, 0.1) is 24.7 Å². The molecule has 1 unspecified atom stereocenters. The van der Waals surface area contributed by atoms with Crippen LogP contribution in [0, 0.1) is 0 Å². The summed E-state index contributed by atoms with van der Waals surface area (Å²) >= 11 is 0. The molecule has 0 heterocycles. The lowest BCUT2D eigenvalue weighted by Crippen LogP contribution is -2.26. The SMILES string of the molecule is COCC(COCCCCS(=O)(=O)O)OCCCCS(=O)(=O)O. The van der Waals surface area contributed by atoms with Crippen LogP contribution in [0.15, 0.2) is 0 Å². The van der Waals surface area contributed by atoms with Crippen LogP contribution < -0.4 is 0 Å². The van der Waals surface area contributed by atoms with Gasteiger partial charge >= 0.3 is 0 Å². The maximum atomic E-state index is 10.5. The summed E-state index contributed by atoms with van der Waals surface area (Å²) in [5, 5.41) is 0. The molecule has 23 heavy (non-hydrogen) atoms. The molecule has 140 valence electrons. The number of methoxy groups -OCH3 is 1. The van der Waals surface area contributed by atoms with Gasteiger partial charge in [-0.15, -0.1) is 0 Å². The second-order valence-electron chi connectivity index (χ2n) is 5.01. The van der Waals surface area contributed by atoms with Crippen molar-refractivity contribution < 1.29 is 40.2 Å². The molecule has 0 aromatic carbocycles. The molecule has 0 aliphatic carbocycles. The van der Waals surface area contributed by atoms with Crippen molar-refractivity contribution in [1.29, 1.82) is 0 Å². The molecule has 0 fully saturated rings. The average Bonchev–Trinajstić information content (AvgIpc) is 2.39. The molecule has 11 heteroatoms. The third-order valence-electron chi connectivity index (χ3n) is 2.75. The first-order chi connectivity index (χ1) is 10.6. The molecule has 0 amide bonds. The largest absolute Gasteiger partial charge is 0.382 e. The Morgan fingerprint density at radius 3 is 1.83 bits per heavy atom. The van der Waals surface area contributed by atoms with Gasteiger partial charge in [0.15, 0.2) is 0 Å². The van der Waals surface area contributed by atoms with E-state index in [-0.39, 0.29) is 24.2 Å². The van der Waals surface area contributed by atoms with Gasteiger partial charge in [0.1, 0.15) is 6.10 Å². The van der Waals surface area contributed by atoms with E-state index in [4.69, 9.17) is 23.3 Å². The molecule has 0 aliphatic heterocycles. The summed E-state index contributed by atoms with van der Waals surface area (Å²) in [4.78, 5) is 0. The predicted molar refractivity (Wildman–Crippen MR) is 83.7 cm³/mol. The topological polar surface area (TPSA) is 136 Å². The van der Waals surface area contributed by atoms with Crippen LogP contribution in [0.5, 0.6) is 0 Å². The lowest BCUT2D eigenvalue weighted by Gasteiger charge is -2.17. The van der Waals surface area contributed by atoms with Crippen molar-refractivity contribution >= 4 is 20.2 Å². The fourth-order valence-electron chi connectivity index (χ4n) is 1.67. The van der Waals surface area contributed by atoms with Gasteiger partial charge in [-0.2, -0.15) is 16.8 Å². The lowest BCUT2D eigenvalue weighted by atomic mass is 10.3. The Bertz CT molecular complexity index is 487. The van der Waals surface area contributed by atoms with E-state index in [0.29, 0.717) is 45.5 Å². The third kappa shape index (κ3) is 17.9. The minimum absolute atomic E-state index is 0.262. The molecule has 0 aromatic rings. The Morgan fingerprint density at radius 1 is 0.826 bits per heavy atom. The Labute approximate surface area is 137 Å². The van der Waals surface area contributed by atoms with Crippen molar-refractivity contribution in [2.75, 3.05) is 45.0 Å². The zero-order valence-electron chi connectivity index (χ0n) is 13.2. The van der Waals surface area contributed by atoms with Crippen molar-refractivity contribution in [1.82, 2.24) is 0 Å². The van der Waals surface area contributed by atoms with Crippen molar-refractivity contribution in [3.63, 3.8) is 0 Å². The summed E-state index contributed by atoms with van der Waals surface area (Å²) in [6.45, 7) is 1.22.